The van der Waals surface area contributed by atoms with Crippen LogP contribution in [0.4, 0.5) is 0 Å². The molecule has 1 aromatic carbocycles. The minimum Gasteiger partial charge on any atom is -0.481 e. The zero-order chi connectivity index (χ0) is 20.2. The van der Waals surface area contributed by atoms with Gasteiger partial charge in [0.05, 0.1) is 30.0 Å². The molecular formula is C21H16N4O4. The Morgan fingerprint density at radius 1 is 1.00 bits per heavy atom. The third-order valence-corrected chi connectivity index (χ3v) is 4.23. The number of hydrogen-bond acceptors (Lipinski definition) is 6. The van der Waals surface area contributed by atoms with E-state index in [0.29, 0.717) is 33.8 Å². The van der Waals surface area contributed by atoms with Crippen molar-refractivity contribution in [3.05, 3.63) is 78.2 Å². The van der Waals surface area contributed by atoms with Crippen LogP contribution < -0.4 is 15.6 Å². The van der Waals surface area contributed by atoms with Crippen LogP contribution >= 0.6 is 0 Å². The van der Waals surface area contributed by atoms with Crippen molar-refractivity contribution < 1.29 is 18.7 Å². The van der Waals surface area contributed by atoms with E-state index in [2.05, 4.69) is 20.8 Å². The number of nitrogens with one attached hydrogen (secondary N) is 2. The number of fused-ring (bicyclic) bond motifs is 1. The summed E-state index contributed by atoms with van der Waals surface area (Å²) in [5.74, 6) is -0.0539. The van der Waals surface area contributed by atoms with Crippen LogP contribution in [0.1, 0.15) is 20.7 Å². The number of rotatable bonds is 4. The van der Waals surface area contributed by atoms with Crippen LogP contribution in [0, 0.1) is 0 Å². The predicted octanol–water partition coefficient (Wildman–Crippen LogP) is 2.97. The van der Waals surface area contributed by atoms with Gasteiger partial charge in [-0.3, -0.25) is 20.4 Å². The number of methoxy groups -OCH3 is 1. The molecular weight excluding hydrogens is 372 g/mol. The van der Waals surface area contributed by atoms with Gasteiger partial charge in [-0.05, 0) is 30.3 Å². The van der Waals surface area contributed by atoms with Crippen LogP contribution in [0.15, 0.2) is 71.5 Å². The summed E-state index contributed by atoms with van der Waals surface area (Å²) in [7, 11) is 1.48. The molecule has 0 unspecified atom stereocenters. The van der Waals surface area contributed by atoms with Gasteiger partial charge < -0.3 is 9.15 Å². The molecule has 2 N–H and O–H groups in total. The molecule has 0 saturated heterocycles. The molecule has 0 aliphatic rings. The van der Waals surface area contributed by atoms with Gasteiger partial charge in [0.15, 0.2) is 5.76 Å². The molecule has 0 bridgehead atoms. The lowest BCUT2D eigenvalue weighted by Crippen LogP contribution is -2.41. The van der Waals surface area contributed by atoms with Crippen LogP contribution in [-0.2, 0) is 0 Å². The number of furan rings is 1. The Labute approximate surface area is 165 Å². The highest BCUT2D eigenvalue weighted by molar-refractivity contribution is 6.08. The lowest BCUT2D eigenvalue weighted by molar-refractivity contribution is 0.0847. The van der Waals surface area contributed by atoms with E-state index in [-0.39, 0.29) is 5.56 Å². The van der Waals surface area contributed by atoms with Gasteiger partial charge in [-0.25, -0.2) is 9.97 Å². The molecule has 0 radical (unpaired) electrons. The Morgan fingerprint density at radius 2 is 1.83 bits per heavy atom. The molecule has 4 rings (SSSR count). The second-order valence-electron chi connectivity index (χ2n) is 6.05. The summed E-state index contributed by atoms with van der Waals surface area (Å²) in [6, 6.07) is 15.5. The fourth-order valence-corrected chi connectivity index (χ4v) is 2.80. The Hall–Kier alpha value is -4.20. The molecule has 0 saturated carbocycles. The second kappa shape index (κ2) is 7.81. The Bertz CT molecular complexity index is 1170. The molecule has 0 atom stereocenters. The first-order valence-corrected chi connectivity index (χ1v) is 8.70. The van der Waals surface area contributed by atoms with Crippen molar-refractivity contribution >= 4 is 22.7 Å². The Kier molecular flexibility index (Phi) is 4.90. The van der Waals surface area contributed by atoms with E-state index >= 15 is 0 Å². The highest BCUT2D eigenvalue weighted by atomic mass is 16.5. The predicted molar refractivity (Wildman–Crippen MR) is 105 cm³/mol. The number of aromatic nitrogens is 2. The first-order valence-electron chi connectivity index (χ1n) is 8.70. The zero-order valence-electron chi connectivity index (χ0n) is 15.4. The number of amides is 2. The second-order valence-corrected chi connectivity index (χ2v) is 6.05. The van der Waals surface area contributed by atoms with Gasteiger partial charge in [-0.15, -0.1) is 0 Å². The molecule has 0 fully saturated rings. The molecule has 0 spiro atoms. The highest BCUT2D eigenvalue weighted by Gasteiger charge is 2.16. The summed E-state index contributed by atoms with van der Waals surface area (Å²) in [5, 5.41) is 0.653. The van der Waals surface area contributed by atoms with Crippen molar-refractivity contribution in [2.45, 2.75) is 0 Å². The summed E-state index contributed by atoms with van der Waals surface area (Å²) in [6.07, 6.45) is 2.90. The van der Waals surface area contributed by atoms with E-state index in [9.17, 15) is 9.59 Å². The summed E-state index contributed by atoms with van der Waals surface area (Å²) in [5.41, 5.74) is 6.62. The molecule has 3 aromatic heterocycles. The average Bonchev–Trinajstić information content (AvgIpc) is 3.31. The summed E-state index contributed by atoms with van der Waals surface area (Å²) < 4.78 is 10.4. The quantitative estimate of drug-likeness (QED) is 0.521. The number of carbonyl (C=O) groups excluding carboxylic acids is 2. The monoisotopic (exact) mass is 388 g/mol. The van der Waals surface area contributed by atoms with E-state index in [1.807, 2.05) is 12.1 Å². The van der Waals surface area contributed by atoms with Crippen LogP contribution in [0.5, 0.6) is 5.88 Å². The fraction of sp³-hybridized carbons (Fsp3) is 0.0476. The number of hydrogen-bond donors (Lipinski definition) is 2. The topological polar surface area (TPSA) is 106 Å². The van der Waals surface area contributed by atoms with Crippen LogP contribution in [-0.4, -0.2) is 28.9 Å². The molecule has 8 nitrogen and oxygen atoms in total. The summed E-state index contributed by atoms with van der Waals surface area (Å²) in [6.45, 7) is 0. The van der Waals surface area contributed by atoms with Crippen LogP contribution in [0.3, 0.4) is 0 Å². The largest absolute Gasteiger partial charge is 0.481 e. The molecule has 2 amide bonds. The maximum Gasteiger partial charge on any atom is 0.271 e. The van der Waals surface area contributed by atoms with E-state index in [0.717, 1.165) is 0 Å². The number of ether oxygens (including phenoxy) is 1. The lowest BCUT2D eigenvalue weighted by Gasteiger charge is -2.11. The number of carbonyl (C=O) groups is 2. The van der Waals surface area contributed by atoms with E-state index < -0.39 is 11.8 Å². The maximum absolute atomic E-state index is 12.8. The van der Waals surface area contributed by atoms with Gasteiger partial charge in [0.25, 0.3) is 11.8 Å². The molecule has 0 aliphatic heterocycles. The van der Waals surface area contributed by atoms with Crippen molar-refractivity contribution in [2.75, 3.05) is 7.11 Å². The Morgan fingerprint density at radius 3 is 2.55 bits per heavy atom. The smallest absolute Gasteiger partial charge is 0.271 e. The lowest BCUT2D eigenvalue weighted by atomic mass is 10.1. The van der Waals surface area contributed by atoms with Crippen molar-refractivity contribution in [1.82, 2.24) is 20.8 Å². The van der Waals surface area contributed by atoms with Gasteiger partial charge in [0.2, 0.25) is 5.88 Å². The van der Waals surface area contributed by atoms with Gasteiger partial charge in [-0.2, -0.15) is 0 Å². The SMILES string of the molecule is COc1ccc(C(=O)NNC(=O)c2cc(-c3ccco3)nc3ccccc23)cn1. The molecule has 3 heterocycles. The molecule has 8 heteroatoms. The van der Waals surface area contributed by atoms with E-state index in [4.69, 9.17) is 9.15 Å². The number of pyridine rings is 2. The standard InChI is InChI=1S/C21H16N4O4/c1-28-19-9-8-13(12-22-19)20(26)24-25-21(27)15-11-17(18-7-4-10-29-18)23-16-6-3-2-5-14(15)16/h2-12H,1H3,(H,24,26)(H,25,27). The van der Waals surface area contributed by atoms with Gasteiger partial charge in [0.1, 0.15) is 5.69 Å². The first kappa shape index (κ1) is 18.2. The number of hydrazine groups is 1. The van der Waals surface area contributed by atoms with Crippen LogP contribution in [0.2, 0.25) is 0 Å². The normalized spacial score (nSPS) is 10.5. The maximum atomic E-state index is 12.8. The van der Waals surface area contributed by atoms with E-state index in [1.54, 1.807) is 42.5 Å². The number of benzene rings is 1. The third-order valence-electron chi connectivity index (χ3n) is 4.23. The minimum absolute atomic E-state index is 0.280. The highest BCUT2D eigenvalue weighted by Crippen LogP contribution is 2.25. The fourth-order valence-electron chi connectivity index (χ4n) is 2.80. The minimum atomic E-state index is -0.502. The van der Waals surface area contributed by atoms with Crippen molar-refractivity contribution in [3.63, 3.8) is 0 Å². The zero-order valence-corrected chi connectivity index (χ0v) is 15.4. The first-order chi connectivity index (χ1) is 14.2. The van der Waals surface area contributed by atoms with Gasteiger partial charge in [-0.1, -0.05) is 18.2 Å². The molecule has 29 heavy (non-hydrogen) atoms. The summed E-state index contributed by atoms with van der Waals surface area (Å²) >= 11 is 0. The third kappa shape index (κ3) is 3.77. The number of nitrogens with zero attached hydrogens (tertiary/aromatic N) is 2. The number of para-hydroxylation sites is 1. The van der Waals surface area contributed by atoms with Crippen molar-refractivity contribution in [2.24, 2.45) is 0 Å². The van der Waals surface area contributed by atoms with Crippen LogP contribution in [0.25, 0.3) is 22.4 Å². The Balaban J connectivity index is 1.58. The van der Waals surface area contributed by atoms with Gasteiger partial charge >= 0.3 is 0 Å². The molecule has 144 valence electrons. The van der Waals surface area contributed by atoms with Crippen molar-refractivity contribution in [1.29, 1.82) is 0 Å². The average molecular weight is 388 g/mol. The van der Waals surface area contributed by atoms with Gasteiger partial charge in [0, 0.05) is 17.6 Å². The van der Waals surface area contributed by atoms with E-state index in [1.165, 1.54) is 19.6 Å². The molecule has 0 aliphatic carbocycles. The molecule has 4 aromatic rings. The summed E-state index contributed by atoms with van der Waals surface area (Å²) in [4.78, 5) is 33.6. The van der Waals surface area contributed by atoms with Crippen molar-refractivity contribution in [3.8, 4) is 17.3 Å².